The van der Waals surface area contributed by atoms with Crippen LogP contribution in [0.3, 0.4) is 0 Å². The summed E-state index contributed by atoms with van der Waals surface area (Å²) >= 11 is 5.85. The molecule has 5 heteroatoms. The summed E-state index contributed by atoms with van der Waals surface area (Å²) in [6.07, 6.45) is 4.69. The van der Waals surface area contributed by atoms with E-state index >= 15 is 0 Å². The summed E-state index contributed by atoms with van der Waals surface area (Å²) in [6, 6.07) is 4.78. The first-order valence-corrected chi connectivity index (χ1v) is 6.58. The first-order valence-electron chi connectivity index (χ1n) is 4.31. The van der Waals surface area contributed by atoms with Gasteiger partial charge in [-0.3, -0.25) is 0 Å². The molecule has 0 aliphatic heterocycles. The third-order valence-electron chi connectivity index (χ3n) is 1.80. The molecule has 3 nitrogen and oxygen atoms in total. The second kappa shape index (κ2) is 4.79. The summed E-state index contributed by atoms with van der Waals surface area (Å²) in [7, 11) is -3.25. The maximum Gasteiger partial charge on any atom is 0.176 e. The zero-order valence-corrected chi connectivity index (χ0v) is 9.85. The van der Waals surface area contributed by atoms with Crippen molar-refractivity contribution in [2.45, 2.75) is 4.90 Å². The van der Waals surface area contributed by atoms with Crippen LogP contribution in [0.2, 0.25) is 5.02 Å². The molecule has 1 aromatic rings. The highest BCUT2D eigenvalue weighted by Crippen LogP contribution is 2.22. The molecule has 0 spiro atoms. The molecule has 0 atom stereocenters. The van der Waals surface area contributed by atoms with Gasteiger partial charge in [0.15, 0.2) is 9.84 Å². The molecule has 2 N–H and O–H groups in total. The van der Waals surface area contributed by atoms with Crippen LogP contribution in [0, 0.1) is 0 Å². The van der Waals surface area contributed by atoms with Gasteiger partial charge in [-0.05, 0) is 17.7 Å². The Morgan fingerprint density at radius 3 is 2.60 bits per heavy atom. The number of benzene rings is 1. The number of sulfone groups is 1. The van der Waals surface area contributed by atoms with Crippen LogP contribution in [0.1, 0.15) is 5.56 Å². The van der Waals surface area contributed by atoms with Crippen molar-refractivity contribution in [1.82, 2.24) is 0 Å². The van der Waals surface area contributed by atoms with Crippen LogP contribution in [0.15, 0.2) is 29.2 Å². The van der Waals surface area contributed by atoms with Crippen LogP contribution >= 0.6 is 11.6 Å². The van der Waals surface area contributed by atoms with E-state index in [1.807, 2.05) is 0 Å². The van der Waals surface area contributed by atoms with Crippen molar-refractivity contribution in [3.8, 4) is 0 Å². The third-order valence-corrected chi connectivity index (χ3v) is 3.38. The predicted octanol–water partition coefficient (Wildman–Crippen LogP) is 1.72. The van der Waals surface area contributed by atoms with Crippen LogP contribution in [0.25, 0.3) is 6.08 Å². The largest absolute Gasteiger partial charge is 0.327 e. The number of halogens is 1. The highest BCUT2D eigenvalue weighted by atomic mass is 35.5. The summed E-state index contributed by atoms with van der Waals surface area (Å²) in [5.41, 5.74) is 6.13. The number of hydrogen-bond acceptors (Lipinski definition) is 3. The lowest BCUT2D eigenvalue weighted by Gasteiger charge is -2.02. The molecule has 0 saturated heterocycles. The molecule has 82 valence electrons. The van der Waals surface area contributed by atoms with E-state index < -0.39 is 9.84 Å². The molecule has 0 bridgehead atoms. The molecule has 0 aromatic heterocycles. The highest BCUT2D eigenvalue weighted by molar-refractivity contribution is 7.90. The molecule has 0 amide bonds. The van der Waals surface area contributed by atoms with Crippen molar-refractivity contribution in [2.24, 2.45) is 5.73 Å². The lowest BCUT2D eigenvalue weighted by molar-refractivity contribution is 0.602. The minimum Gasteiger partial charge on any atom is -0.327 e. The maximum absolute atomic E-state index is 11.3. The van der Waals surface area contributed by atoms with Crippen molar-refractivity contribution >= 4 is 27.5 Å². The Hall–Kier alpha value is -0.840. The van der Waals surface area contributed by atoms with Gasteiger partial charge in [-0.25, -0.2) is 8.42 Å². The summed E-state index contributed by atoms with van der Waals surface area (Å²) in [6.45, 7) is 0.436. The Labute approximate surface area is 94.5 Å². The number of nitrogens with two attached hydrogens (primary N) is 1. The van der Waals surface area contributed by atoms with Crippen molar-refractivity contribution in [2.75, 3.05) is 12.8 Å². The quantitative estimate of drug-likeness (QED) is 0.882. The van der Waals surface area contributed by atoms with Crippen LogP contribution in [0.4, 0.5) is 0 Å². The summed E-state index contributed by atoms with van der Waals surface area (Å²) in [5.74, 6) is 0. The van der Waals surface area contributed by atoms with E-state index in [2.05, 4.69) is 0 Å². The van der Waals surface area contributed by atoms with Crippen LogP contribution in [0.5, 0.6) is 0 Å². The normalized spacial score (nSPS) is 12.2. The van der Waals surface area contributed by atoms with Crippen LogP contribution < -0.4 is 5.73 Å². The fourth-order valence-corrected chi connectivity index (χ4v) is 2.46. The van der Waals surface area contributed by atoms with E-state index in [0.29, 0.717) is 6.54 Å². The summed E-state index contributed by atoms with van der Waals surface area (Å²) < 4.78 is 22.5. The van der Waals surface area contributed by atoms with Gasteiger partial charge in [-0.2, -0.15) is 0 Å². The molecule has 0 aliphatic rings. The Bertz CT molecular complexity index is 480. The standard InChI is InChI=1S/C10H12ClNO2S/c1-15(13,14)10-5-4-8(3-2-6-12)7-9(10)11/h2-5,7H,6,12H2,1H3/b3-2+. The van der Waals surface area contributed by atoms with Gasteiger partial charge in [0, 0.05) is 12.8 Å². The van der Waals surface area contributed by atoms with Gasteiger partial charge in [0.25, 0.3) is 0 Å². The smallest absolute Gasteiger partial charge is 0.176 e. The monoisotopic (exact) mass is 245 g/mol. The molecule has 0 unspecified atom stereocenters. The molecule has 0 heterocycles. The van der Waals surface area contributed by atoms with Gasteiger partial charge in [-0.1, -0.05) is 29.8 Å². The Kier molecular flexibility index (Phi) is 3.90. The van der Waals surface area contributed by atoms with Gasteiger partial charge in [0.2, 0.25) is 0 Å². The molecular formula is C10H12ClNO2S. The van der Waals surface area contributed by atoms with Gasteiger partial charge in [0.1, 0.15) is 0 Å². The Morgan fingerprint density at radius 2 is 2.13 bits per heavy atom. The van der Waals surface area contributed by atoms with E-state index in [4.69, 9.17) is 17.3 Å². The Balaban J connectivity index is 3.15. The van der Waals surface area contributed by atoms with Crippen LogP contribution in [-0.2, 0) is 9.84 Å². The predicted molar refractivity (Wildman–Crippen MR) is 62.7 cm³/mol. The maximum atomic E-state index is 11.3. The fourth-order valence-electron chi connectivity index (χ4n) is 1.13. The van der Waals surface area contributed by atoms with E-state index in [1.54, 1.807) is 24.3 Å². The average molecular weight is 246 g/mol. The zero-order valence-electron chi connectivity index (χ0n) is 8.27. The van der Waals surface area contributed by atoms with Gasteiger partial charge < -0.3 is 5.73 Å². The average Bonchev–Trinajstić information content (AvgIpc) is 2.12. The van der Waals surface area contributed by atoms with Crippen molar-refractivity contribution in [3.05, 3.63) is 34.9 Å². The minimum atomic E-state index is -3.25. The number of rotatable bonds is 3. The summed E-state index contributed by atoms with van der Waals surface area (Å²) in [4.78, 5) is 0.147. The molecule has 0 saturated carbocycles. The first-order chi connectivity index (χ1) is 6.95. The molecule has 0 fully saturated rings. The summed E-state index contributed by atoms with van der Waals surface area (Å²) in [5, 5.41) is 0.233. The number of hydrogen-bond donors (Lipinski definition) is 1. The zero-order chi connectivity index (χ0) is 11.5. The van der Waals surface area contributed by atoms with Gasteiger partial charge >= 0.3 is 0 Å². The highest BCUT2D eigenvalue weighted by Gasteiger charge is 2.11. The lowest BCUT2D eigenvalue weighted by atomic mass is 10.2. The second-order valence-corrected chi connectivity index (χ2v) is 5.49. The molecular weight excluding hydrogens is 234 g/mol. The second-order valence-electron chi connectivity index (χ2n) is 3.10. The topological polar surface area (TPSA) is 60.2 Å². The lowest BCUT2D eigenvalue weighted by Crippen LogP contribution is -1.98. The van der Waals surface area contributed by atoms with Gasteiger partial charge in [-0.15, -0.1) is 0 Å². The minimum absolute atomic E-state index is 0.147. The van der Waals surface area contributed by atoms with E-state index in [-0.39, 0.29) is 9.92 Å². The van der Waals surface area contributed by atoms with Gasteiger partial charge in [0.05, 0.1) is 9.92 Å². The molecule has 15 heavy (non-hydrogen) atoms. The van der Waals surface area contributed by atoms with Crippen molar-refractivity contribution < 1.29 is 8.42 Å². The molecule has 1 aromatic carbocycles. The Morgan fingerprint density at radius 1 is 1.47 bits per heavy atom. The third kappa shape index (κ3) is 3.34. The van der Waals surface area contributed by atoms with E-state index in [9.17, 15) is 8.42 Å². The first kappa shape index (κ1) is 12.2. The van der Waals surface area contributed by atoms with Crippen molar-refractivity contribution in [1.29, 1.82) is 0 Å². The molecule has 0 aliphatic carbocycles. The van der Waals surface area contributed by atoms with Crippen LogP contribution in [-0.4, -0.2) is 21.2 Å². The van der Waals surface area contributed by atoms with E-state index in [0.717, 1.165) is 11.8 Å². The van der Waals surface area contributed by atoms with E-state index in [1.165, 1.54) is 6.07 Å². The molecule has 1 rings (SSSR count). The fraction of sp³-hybridized carbons (Fsp3) is 0.200. The van der Waals surface area contributed by atoms with Crippen molar-refractivity contribution in [3.63, 3.8) is 0 Å². The molecule has 0 radical (unpaired) electrons. The SMILES string of the molecule is CS(=O)(=O)c1ccc(/C=C/CN)cc1Cl.